The third-order valence-electron chi connectivity index (χ3n) is 1.22. The van der Waals surface area contributed by atoms with Gasteiger partial charge in [0, 0.05) is 0 Å². The van der Waals surface area contributed by atoms with Gasteiger partial charge in [-0.1, -0.05) is 0 Å². The van der Waals surface area contributed by atoms with E-state index in [-0.39, 0.29) is 0 Å². The second-order valence-corrected chi connectivity index (χ2v) is 6.32. The first-order valence-electron chi connectivity index (χ1n) is 4.46. The fraction of sp³-hybridized carbons (Fsp3) is 0.875. The van der Waals surface area contributed by atoms with Crippen LogP contribution in [0.5, 0.6) is 0 Å². The molecule has 7 heteroatoms. The maximum absolute atomic E-state index is 11.1. The molecule has 0 radical (unpaired) electrons. The molecule has 15 heavy (non-hydrogen) atoms. The first kappa shape index (κ1) is 14.2. The first-order valence-corrected chi connectivity index (χ1v) is 5.93. The van der Waals surface area contributed by atoms with E-state index >= 15 is 0 Å². The maximum atomic E-state index is 11.1. The Hall–Kier alpha value is -0.820. The summed E-state index contributed by atoms with van der Waals surface area (Å²) in [6.07, 6.45) is -0.938. The fourth-order valence-electron chi connectivity index (χ4n) is 0.487. The lowest BCUT2D eigenvalue weighted by molar-refractivity contribution is 0.0297. The zero-order valence-electron chi connectivity index (χ0n) is 9.53. The van der Waals surface area contributed by atoms with Gasteiger partial charge in [-0.05, 0) is 34.6 Å². The van der Waals surface area contributed by atoms with Crippen molar-refractivity contribution in [3.8, 4) is 0 Å². The summed E-state index contributed by atoms with van der Waals surface area (Å²) in [5, 5.41) is -0.729. The average molecular weight is 239 g/mol. The number of hydrogen-bond acceptors (Lipinski definition) is 5. The summed E-state index contributed by atoms with van der Waals surface area (Å²) in [7, 11) is -3.76. The molecule has 0 aromatic carbocycles. The Balaban J connectivity index is 4.14. The molecule has 0 aromatic heterocycles. The molecule has 0 rings (SSSR count). The predicted molar refractivity (Wildman–Crippen MR) is 54.5 cm³/mol. The third-order valence-corrected chi connectivity index (χ3v) is 2.69. The molecule has 0 fully saturated rings. The highest BCUT2D eigenvalue weighted by molar-refractivity contribution is 7.87. The summed E-state index contributed by atoms with van der Waals surface area (Å²) in [4.78, 5) is 11.0. The first-order chi connectivity index (χ1) is 6.54. The SMILES string of the molecule is CC(C)S(=O)(=O)ONC(=O)OC(C)(C)C. The van der Waals surface area contributed by atoms with E-state index < -0.39 is 27.1 Å². The van der Waals surface area contributed by atoms with Gasteiger partial charge in [0.15, 0.2) is 0 Å². The molecular weight excluding hydrogens is 222 g/mol. The van der Waals surface area contributed by atoms with Crippen LogP contribution in [0.2, 0.25) is 0 Å². The van der Waals surface area contributed by atoms with Crippen molar-refractivity contribution in [2.45, 2.75) is 45.5 Å². The molecule has 0 saturated carbocycles. The van der Waals surface area contributed by atoms with Crippen LogP contribution >= 0.6 is 0 Å². The summed E-state index contributed by atoms with van der Waals surface area (Å²) in [5.41, 5.74) is 1.01. The number of hydroxylamine groups is 1. The van der Waals surface area contributed by atoms with Gasteiger partial charge in [0.2, 0.25) is 0 Å². The smallest absolute Gasteiger partial charge is 0.432 e. The Kier molecular flexibility index (Phi) is 4.54. The monoisotopic (exact) mass is 239 g/mol. The van der Waals surface area contributed by atoms with Gasteiger partial charge in [-0.25, -0.2) is 4.79 Å². The number of ether oxygens (including phenoxy) is 1. The predicted octanol–water partition coefficient (Wildman–Crippen LogP) is 1.18. The number of carbonyl (C=O) groups is 1. The minimum Gasteiger partial charge on any atom is -0.442 e. The molecule has 0 aliphatic heterocycles. The summed E-state index contributed by atoms with van der Waals surface area (Å²) in [6.45, 7) is 7.84. The van der Waals surface area contributed by atoms with Crippen LogP contribution in [0, 0.1) is 0 Å². The van der Waals surface area contributed by atoms with Crippen LogP contribution in [0.4, 0.5) is 4.79 Å². The number of nitrogens with one attached hydrogen (secondary N) is 1. The van der Waals surface area contributed by atoms with Crippen molar-refractivity contribution in [3.63, 3.8) is 0 Å². The van der Waals surface area contributed by atoms with E-state index in [2.05, 4.69) is 4.28 Å². The molecule has 0 atom stereocenters. The van der Waals surface area contributed by atoms with Crippen molar-refractivity contribution >= 4 is 16.2 Å². The molecule has 1 N–H and O–H groups in total. The molecule has 0 unspecified atom stereocenters. The molecule has 0 saturated heterocycles. The molecule has 0 aliphatic rings. The van der Waals surface area contributed by atoms with Gasteiger partial charge < -0.3 is 4.74 Å². The topological polar surface area (TPSA) is 81.7 Å². The van der Waals surface area contributed by atoms with Gasteiger partial charge in [-0.2, -0.15) is 13.9 Å². The van der Waals surface area contributed by atoms with Crippen molar-refractivity contribution in [1.29, 1.82) is 0 Å². The van der Waals surface area contributed by atoms with Crippen LogP contribution in [0.3, 0.4) is 0 Å². The van der Waals surface area contributed by atoms with Crippen LogP contribution in [-0.4, -0.2) is 25.4 Å². The quantitative estimate of drug-likeness (QED) is 0.748. The normalized spacial score (nSPS) is 12.7. The van der Waals surface area contributed by atoms with Gasteiger partial charge >= 0.3 is 6.09 Å². The van der Waals surface area contributed by atoms with Crippen LogP contribution in [0.15, 0.2) is 0 Å². The number of amides is 1. The van der Waals surface area contributed by atoms with E-state index in [1.807, 2.05) is 0 Å². The highest BCUT2D eigenvalue weighted by Crippen LogP contribution is 2.07. The van der Waals surface area contributed by atoms with E-state index in [0.717, 1.165) is 0 Å². The number of rotatable bonds is 3. The lowest BCUT2D eigenvalue weighted by Crippen LogP contribution is -2.35. The third kappa shape index (κ3) is 6.29. The summed E-state index contributed by atoms with van der Waals surface area (Å²) >= 11 is 0. The van der Waals surface area contributed by atoms with Crippen molar-refractivity contribution in [2.24, 2.45) is 0 Å². The van der Waals surface area contributed by atoms with E-state index in [9.17, 15) is 13.2 Å². The van der Waals surface area contributed by atoms with Gasteiger partial charge in [0.05, 0.1) is 5.25 Å². The van der Waals surface area contributed by atoms with E-state index in [1.165, 1.54) is 13.8 Å². The van der Waals surface area contributed by atoms with Crippen LogP contribution in [0.1, 0.15) is 34.6 Å². The van der Waals surface area contributed by atoms with Gasteiger partial charge in [0.1, 0.15) is 5.60 Å². The molecule has 0 aliphatic carbocycles. The van der Waals surface area contributed by atoms with Crippen LogP contribution in [0.25, 0.3) is 0 Å². The standard InChI is InChI=1S/C8H17NO5S/c1-6(2)15(11,12)14-9-7(10)13-8(3,4)5/h6H,1-5H3,(H,9,10). The molecule has 0 heterocycles. The van der Waals surface area contributed by atoms with Crippen molar-refractivity contribution in [1.82, 2.24) is 5.48 Å². The van der Waals surface area contributed by atoms with E-state index in [1.54, 1.807) is 26.3 Å². The second-order valence-electron chi connectivity index (χ2n) is 4.23. The zero-order chi connectivity index (χ0) is 12.3. The minimum atomic E-state index is -3.76. The van der Waals surface area contributed by atoms with Gasteiger partial charge in [-0.15, -0.1) is 4.28 Å². The molecule has 0 aromatic rings. The van der Waals surface area contributed by atoms with Crippen LogP contribution in [-0.2, 0) is 19.1 Å². The lowest BCUT2D eigenvalue weighted by atomic mass is 10.2. The summed E-state index contributed by atoms with van der Waals surface area (Å²) < 4.78 is 31.2. The van der Waals surface area contributed by atoms with Crippen LogP contribution < -0.4 is 5.48 Å². The number of carbonyl (C=O) groups excluding carboxylic acids is 1. The average Bonchev–Trinajstić information content (AvgIpc) is 1.97. The summed E-state index contributed by atoms with van der Waals surface area (Å²) in [5.74, 6) is 0. The maximum Gasteiger partial charge on any atom is 0.432 e. The Morgan fingerprint density at radius 2 is 1.73 bits per heavy atom. The van der Waals surface area contributed by atoms with Gasteiger partial charge in [0.25, 0.3) is 10.1 Å². The Labute approximate surface area is 90.0 Å². The highest BCUT2D eigenvalue weighted by Gasteiger charge is 2.21. The van der Waals surface area contributed by atoms with Crippen molar-refractivity contribution in [2.75, 3.05) is 0 Å². The zero-order valence-corrected chi connectivity index (χ0v) is 10.3. The minimum absolute atomic E-state index is 0.699. The van der Waals surface area contributed by atoms with Gasteiger partial charge in [-0.3, -0.25) is 0 Å². The molecule has 0 bridgehead atoms. The molecule has 90 valence electrons. The molecule has 6 nitrogen and oxygen atoms in total. The number of hydrogen-bond donors (Lipinski definition) is 1. The second kappa shape index (κ2) is 4.80. The van der Waals surface area contributed by atoms with Crippen molar-refractivity contribution < 1.29 is 22.2 Å². The van der Waals surface area contributed by atoms with E-state index in [4.69, 9.17) is 4.74 Å². The molecular formula is C8H17NO5S. The fourth-order valence-corrected chi connectivity index (χ4v) is 0.864. The van der Waals surface area contributed by atoms with Crippen molar-refractivity contribution in [3.05, 3.63) is 0 Å². The summed E-state index contributed by atoms with van der Waals surface area (Å²) in [6, 6.07) is 0. The Morgan fingerprint density at radius 3 is 2.07 bits per heavy atom. The molecule has 1 amide bonds. The van der Waals surface area contributed by atoms with E-state index in [0.29, 0.717) is 0 Å². The Bertz CT molecular complexity index is 314. The Morgan fingerprint density at radius 1 is 1.27 bits per heavy atom. The highest BCUT2D eigenvalue weighted by atomic mass is 32.2. The molecule has 0 spiro atoms. The largest absolute Gasteiger partial charge is 0.442 e. The lowest BCUT2D eigenvalue weighted by Gasteiger charge is -2.19.